The number of benzene rings is 1. The number of aliphatic hydroxyl groups excluding tert-OH is 1. The normalized spacial score (nSPS) is 21.4. The number of unbranched alkanes of at least 4 members (excludes halogenated alkanes) is 2. The molecule has 0 aromatic heterocycles. The Kier molecular flexibility index (Phi) is 9.28. The first-order valence-electron chi connectivity index (χ1n) is 12.0. The second-order valence-electron chi connectivity index (χ2n) is 8.66. The van der Waals surface area contributed by atoms with Gasteiger partial charge in [0.1, 0.15) is 0 Å². The highest BCUT2D eigenvalue weighted by Crippen LogP contribution is 2.36. The van der Waals surface area contributed by atoms with Crippen LogP contribution in [-0.2, 0) is 0 Å². The fraction of sp³-hybridized carbons (Fsp3) is 0.708. The predicted octanol–water partition coefficient (Wildman–Crippen LogP) is 3.27. The van der Waals surface area contributed by atoms with Crippen LogP contribution in [0.25, 0.3) is 0 Å². The largest absolute Gasteiger partial charge is 0.489 e. The molecule has 3 N–H and O–H groups in total. The Hall–Kier alpha value is -1.99. The molecular formula is C24H39N3O4. The molecule has 7 heteroatoms. The van der Waals surface area contributed by atoms with Crippen LogP contribution < -0.4 is 20.1 Å². The smallest absolute Gasteiger partial charge is 0.255 e. The summed E-state index contributed by atoms with van der Waals surface area (Å²) < 4.78 is 11.7. The zero-order valence-corrected chi connectivity index (χ0v) is 19.1. The van der Waals surface area contributed by atoms with E-state index >= 15 is 0 Å². The molecule has 2 heterocycles. The number of anilines is 1. The molecule has 0 unspecified atom stereocenters. The Balaban J connectivity index is 1.64. The van der Waals surface area contributed by atoms with Crippen molar-refractivity contribution in [3.8, 4) is 11.5 Å². The molecule has 0 saturated carbocycles. The molecule has 2 aliphatic rings. The molecule has 1 saturated heterocycles. The van der Waals surface area contributed by atoms with Crippen molar-refractivity contribution in [1.82, 2.24) is 10.2 Å². The van der Waals surface area contributed by atoms with Gasteiger partial charge in [-0.1, -0.05) is 26.7 Å². The fourth-order valence-corrected chi connectivity index (χ4v) is 4.14. The third-order valence-electron chi connectivity index (χ3n) is 6.11. The number of aliphatic hydroxyl groups is 1. The van der Waals surface area contributed by atoms with Gasteiger partial charge in [0.2, 0.25) is 0 Å². The van der Waals surface area contributed by atoms with E-state index in [0.717, 1.165) is 63.8 Å². The number of carbonyl (C=O) groups excluding carboxylic acids is 1. The van der Waals surface area contributed by atoms with Crippen molar-refractivity contribution in [1.29, 1.82) is 0 Å². The molecule has 2 aliphatic heterocycles. The number of nitrogens with one attached hydrogen (secondary N) is 2. The molecule has 3 rings (SSSR count). The number of hydrogen-bond acceptors (Lipinski definition) is 6. The first kappa shape index (κ1) is 23.7. The lowest BCUT2D eigenvalue weighted by Gasteiger charge is -2.36. The van der Waals surface area contributed by atoms with E-state index in [2.05, 4.69) is 29.4 Å². The monoisotopic (exact) mass is 433 g/mol. The average molecular weight is 434 g/mol. The van der Waals surface area contributed by atoms with Crippen molar-refractivity contribution in [2.24, 2.45) is 5.92 Å². The topological polar surface area (TPSA) is 83.1 Å². The molecule has 0 bridgehead atoms. The van der Waals surface area contributed by atoms with Gasteiger partial charge < -0.3 is 30.1 Å². The molecule has 1 amide bonds. The van der Waals surface area contributed by atoms with Crippen molar-refractivity contribution in [2.75, 3.05) is 51.3 Å². The number of rotatable bonds is 10. The Morgan fingerprint density at radius 2 is 2.00 bits per heavy atom. The molecule has 0 spiro atoms. The highest BCUT2D eigenvalue weighted by molar-refractivity contribution is 5.99. The molecule has 1 aromatic rings. The minimum atomic E-state index is -0.412. The van der Waals surface area contributed by atoms with Gasteiger partial charge >= 0.3 is 0 Å². The standard InChI is InChI=1S/C24H39N3O4/c1-3-5-9-25-19-14-20(23-22(15-19)30-12-7-13-31-23)24(29)26-16-18-8-11-27(10-6-4-2)17-21(18)28/h14-15,18,21,25,28H,3-13,16-17H2,1-2H3,(H,26,29)/t18-,21+/m0/s1. The Morgan fingerprint density at radius 1 is 1.19 bits per heavy atom. The van der Waals surface area contributed by atoms with Crippen molar-refractivity contribution in [2.45, 2.75) is 58.5 Å². The van der Waals surface area contributed by atoms with Gasteiger partial charge in [0.25, 0.3) is 5.91 Å². The maximum atomic E-state index is 13.1. The first-order chi connectivity index (χ1) is 15.1. The van der Waals surface area contributed by atoms with Crippen LogP contribution in [0.2, 0.25) is 0 Å². The quantitative estimate of drug-likeness (QED) is 0.491. The summed E-state index contributed by atoms with van der Waals surface area (Å²) in [7, 11) is 0. The first-order valence-corrected chi connectivity index (χ1v) is 12.0. The number of amides is 1. The summed E-state index contributed by atoms with van der Waals surface area (Å²) in [6, 6.07) is 3.77. The number of fused-ring (bicyclic) bond motifs is 1. The van der Waals surface area contributed by atoms with E-state index in [9.17, 15) is 9.90 Å². The van der Waals surface area contributed by atoms with Crippen molar-refractivity contribution in [3.63, 3.8) is 0 Å². The van der Waals surface area contributed by atoms with Crippen molar-refractivity contribution >= 4 is 11.6 Å². The Bertz CT molecular complexity index is 712. The second-order valence-corrected chi connectivity index (χ2v) is 8.66. The molecular weight excluding hydrogens is 394 g/mol. The lowest BCUT2D eigenvalue weighted by Crippen LogP contribution is -2.47. The zero-order chi connectivity index (χ0) is 22.1. The summed E-state index contributed by atoms with van der Waals surface area (Å²) in [4.78, 5) is 15.4. The van der Waals surface area contributed by atoms with Crippen LogP contribution in [0.4, 0.5) is 5.69 Å². The van der Waals surface area contributed by atoms with Gasteiger partial charge in [0, 0.05) is 43.7 Å². The number of piperidine rings is 1. The SMILES string of the molecule is CCCCNc1cc2c(c(C(=O)NC[C@@H]3CCN(CCCC)C[C@H]3O)c1)OCCCO2. The van der Waals surface area contributed by atoms with E-state index in [1.165, 1.54) is 0 Å². The van der Waals surface area contributed by atoms with E-state index in [0.29, 0.717) is 43.4 Å². The lowest BCUT2D eigenvalue weighted by atomic mass is 9.93. The van der Waals surface area contributed by atoms with Crippen LogP contribution in [0.3, 0.4) is 0 Å². The Morgan fingerprint density at radius 3 is 2.77 bits per heavy atom. The van der Waals surface area contributed by atoms with Crippen LogP contribution in [0, 0.1) is 5.92 Å². The molecule has 0 radical (unpaired) electrons. The van der Waals surface area contributed by atoms with Gasteiger partial charge in [-0.2, -0.15) is 0 Å². The van der Waals surface area contributed by atoms with Crippen LogP contribution in [0.5, 0.6) is 11.5 Å². The van der Waals surface area contributed by atoms with Crippen LogP contribution in [0.15, 0.2) is 12.1 Å². The summed E-state index contributed by atoms with van der Waals surface area (Å²) in [5, 5.41) is 17.0. The van der Waals surface area contributed by atoms with Gasteiger partial charge in [0.05, 0.1) is 24.9 Å². The van der Waals surface area contributed by atoms with Gasteiger partial charge in [-0.25, -0.2) is 0 Å². The van der Waals surface area contributed by atoms with E-state index in [-0.39, 0.29) is 11.8 Å². The van der Waals surface area contributed by atoms with E-state index in [4.69, 9.17) is 9.47 Å². The number of carbonyl (C=O) groups is 1. The van der Waals surface area contributed by atoms with Gasteiger partial charge in [-0.15, -0.1) is 0 Å². The van der Waals surface area contributed by atoms with E-state index < -0.39 is 6.10 Å². The van der Waals surface area contributed by atoms with Gasteiger partial charge in [-0.3, -0.25) is 4.79 Å². The third kappa shape index (κ3) is 6.74. The third-order valence-corrected chi connectivity index (χ3v) is 6.11. The van der Waals surface area contributed by atoms with Crippen molar-refractivity contribution in [3.05, 3.63) is 17.7 Å². The van der Waals surface area contributed by atoms with Crippen LogP contribution in [0.1, 0.15) is 62.7 Å². The molecule has 2 atom stereocenters. The maximum absolute atomic E-state index is 13.1. The number of nitrogens with zero attached hydrogens (tertiary/aromatic N) is 1. The number of hydrogen-bond donors (Lipinski definition) is 3. The number of likely N-dealkylation sites (tertiary alicyclic amines) is 1. The summed E-state index contributed by atoms with van der Waals surface area (Å²) in [6.07, 6.45) is 5.75. The molecule has 31 heavy (non-hydrogen) atoms. The summed E-state index contributed by atoms with van der Waals surface area (Å²) in [5.74, 6) is 1.03. The van der Waals surface area contributed by atoms with E-state index in [1.807, 2.05) is 12.1 Å². The molecule has 0 aliphatic carbocycles. The predicted molar refractivity (Wildman–Crippen MR) is 123 cm³/mol. The average Bonchev–Trinajstić information content (AvgIpc) is 3.02. The molecule has 174 valence electrons. The van der Waals surface area contributed by atoms with E-state index in [1.54, 1.807) is 0 Å². The highest BCUT2D eigenvalue weighted by Gasteiger charge is 2.28. The van der Waals surface area contributed by atoms with Gasteiger partial charge in [0.15, 0.2) is 11.5 Å². The molecule has 1 fully saturated rings. The lowest BCUT2D eigenvalue weighted by molar-refractivity contribution is 0.0217. The number of β-amino-alcohol motifs (C(OH)–C–C–N with tert-alkyl or cyclic N) is 1. The maximum Gasteiger partial charge on any atom is 0.255 e. The van der Waals surface area contributed by atoms with Crippen LogP contribution in [-0.4, -0.2) is 68.0 Å². The Labute approximate surface area is 186 Å². The highest BCUT2D eigenvalue weighted by atomic mass is 16.5. The van der Waals surface area contributed by atoms with Gasteiger partial charge in [-0.05, 0) is 38.4 Å². The summed E-state index contributed by atoms with van der Waals surface area (Å²) in [6.45, 7) is 9.45. The minimum Gasteiger partial charge on any atom is -0.489 e. The second kappa shape index (κ2) is 12.2. The molecule has 7 nitrogen and oxygen atoms in total. The minimum absolute atomic E-state index is 0.0726. The summed E-state index contributed by atoms with van der Waals surface area (Å²) >= 11 is 0. The zero-order valence-electron chi connectivity index (χ0n) is 19.1. The fourth-order valence-electron chi connectivity index (χ4n) is 4.14. The molecule has 1 aromatic carbocycles. The van der Waals surface area contributed by atoms with Crippen LogP contribution >= 0.6 is 0 Å². The number of ether oxygens (including phenoxy) is 2. The summed E-state index contributed by atoms with van der Waals surface area (Å²) in [5.41, 5.74) is 1.36. The van der Waals surface area contributed by atoms with Crippen molar-refractivity contribution < 1.29 is 19.4 Å².